The Morgan fingerprint density at radius 2 is 1.89 bits per heavy atom. The third-order valence-electron chi connectivity index (χ3n) is 7.74. The van der Waals surface area contributed by atoms with Gasteiger partial charge in [0.2, 0.25) is 0 Å². The maximum Gasteiger partial charge on any atom is 0.335 e. The van der Waals surface area contributed by atoms with Crippen LogP contribution < -0.4 is 4.74 Å². The van der Waals surface area contributed by atoms with Crippen LogP contribution in [-0.4, -0.2) is 34.9 Å². The van der Waals surface area contributed by atoms with Crippen LogP contribution in [0, 0.1) is 11.8 Å². The van der Waals surface area contributed by atoms with Gasteiger partial charge in [0.25, 0.3) is 0 Å². The molecular formula is C29H26Cl3NO4. The molecular weight excluding hydrogens is 533 g/mol. The molecule has 0 bridgehead atoms. The van der Waals surface area contributed by atoms with E-state index in [4.69, 9.17) is 49.5 Å². The second-order valence-corrected chi connectivity index (χ2v) is 11.6. The highest BCUT2D eigenvalue weighted by Crippen LogP contribution is 2.56. The molecule has 37 heavy (non-hydrogen) atoms. The Labute approximate surface area is 230 Å². The topological polar surface area (TPSA) is 68.1 Å². The smallest absolute Gasteiger partial charge is 0.335 e. The van der Waals surface area contributed by atoms with E-state index in [9.17, 15) is 4.79 Å². The van der Waals surface area contributed by atoms with Crippen molar-refractivity contribution in [3.8, 4) is 5.75 Å². The van der Waals surface area contributed by atoms with Crippen LogP contribution in [0.25, 0.3) is 0 Å². The molecule has 5 atom stereocenters. The molecule has 0 spiro atoms. The predicted octanol–water partition coefficient (Wildman–Crippen LogP) is 7.53. The average Bonchev–Trinajstić information content (AvgIpc) is 3.81. The molecule has 0 aromatic heterocycles. The van der Waals surface area contributed by atoms with E-state index < -0.39 is 5.97 Å². The van der Waals surface area contributed by atoms with E-state index in [0.29, 0.717) is 52.1 Å². The van der Waals surface area contributed by atoms with Crippen LogP contribution in [0.1, 0.15) is 59.0 Å². The highest BCUT2D eigenvalue weighted by molar-refractivity contribution is 6.37. The Balaban J connectivity index is 1.14. The van der Waals surface area contributed by atoms with Crippen molar-refractivity contribution in [3.63, 3.8) is 0 Å². The van der Waals surface area contributed by atoms with Crippen LogP contribution >= 0.6 is 34.8 Å². The SMILES string of the molecule is O=C(O)c1ccc(C2CC2c2ccc(OCC3C(C4=C(Cl)C=CCC4Cl)=NOC3C3CC3)cc2Cl)cc1. The number of hydrogen-bond donors (Lipinski definition) is 1. The minimum Gasteiger partial charge on any atom is -0.493 e. The Morgan fingerprint density at radius 1 is 1.11 bits per heavy atom. The van der Waals surface area contributed by atoms with Crippen LogP contribution in [0.4, 0.5) is 0 Å². The van der Waals surface area contributed by atoms with Crippen molar-refractivity contribution in [1.82, 2.24) is 0 Å². The summed E-state index contributed by atoms with van der Waals surface area (Å²) in [7, 11) is 0. The van der Waals surface area contributed by atoms with Crippen molar-refractivity contribution in [1.29, 1.82) is 0 Å². The Kier molecular flexibility index (Phi) is 6.72. The highest BCUT2D eigenvalue weighted by atomic mass is 35.5. The number of benzene rings is 2. The number of carbonyl (C=O) groups is 1. The molecule has 8 heteroatoms. The van der Waals surface area contributed by atoms with Crippen molar-refractivity contribution < 1.29 is 19.5 Å². The lowest BCUT2D eigenvalue weighted by Gasteiger charge is -2.23. The van der Waals surface area contributed by atoms with Crippen molar-refractivity contribution >= 4 is 46.5 Å². The van der Waals surface area contributed by atoms with Gasteiger partial charge in [0.1, 0.15) is 18.5 Å². The van der Waals surface area contributed by atoms with Gasteiger partial charge in [0, 0.05) is 15.6 Å². The van der Waals surface area contributed by atoms with Gasteiger partial charge in [-0.05, 0) is 84.9 Å². The Morgan fingerprint density at radius 3 is 2.57 bits per heavy atom. The van der Waals surface area contributed by atoms with Gasteiger partial charge >= 0.3 is 5.97 Å². The zero-order valence-corrected chi connectivity index (χ0v) is 22.2. The molecule has 2 aromatic carbocycles. The third-order valence-corrected chi connectivity index (χ3v) is 8.79. The van der Waals surface area contributed by atoms with Crippen LogP contribution in [0.3, 0.4) is 0 Å². The standard InChI is InChI=1S/C29H26Cl3NO4/c30-23-2-1-3-24(31)26(23)27-22(28(37-33-27)16-6-7-16)14-36-18-10-11-19(25(32)12-18)21-13-20(21)15-4-8-17(9-5-15)29(34)35/h1-2,4-5,8-12,16,20-22,24,28H,3,6-7,13-14H2,(H,34,35). The number of alkyl halides is 1. The number of halogens is 3. The number of carboxylic acid groups (broad SMARTS) is 1. The third kappa shape index (κ3) is 5.01. The summed E-state index contributed by atoms with van der Waals surface area (Å²) in [6.45, 7) is 0.401. The Bertz CT molecular complexity index is 1310. The molecule has 2 aromatic rings. The van der Waals surface area contributed by atoms with Crippen molar-refractivity contribution in [3.05, 3.63) is 86.9 Å². The van der Waals surface area contributed by atoms with E-state index in [0.717, 1.165) is 41.7 Å². The van der Waals surface area contributed by atoms with Crippen molar-refractivity contribution in [2.75, 3.05) is 6.61 Å². The molecule has 5 nitrogen and oxygen atoms in total. The van der Waals surface area contributed by atoms with Gasteiger partial charge in [-0.3, -0.25) is 0 Å². The Hall–Kier alpha value is -2.47. The number of oxime groups is 1. The fourth-order valence-corrected chi connectivity index (χ4v) is 6.49. The molecule has 5 unspecified atom stereocenters. The predicted molar refractivity (Wildman–Crippen MR) is 145 cm³/mol. The first-order chi connectivity index (χ1) is 17.9. The monoisotopic (exact) mass is 557 g/mol. The van der Waals surface area contributed by atoms with Gasteiger partial charge in [-0.1, -0.05) is 52.6 Å². The maximum atomic E-state index is 11.1. The lowest BCUT2D eigenvalue weighted by atomic mass is 9.87. The first-order valence-electron chi connectivity index (χ1n) is 12.6. The molecule has 2 saturated carbocycles. The number of carboxylic acids is 1. The summed E-state index contributed by atoms with van der Waals surface area (Å²) in [5.41, 5.74) is 4.15. The van der Waals surface area contributed by atoms with E-state index in [1.165, 1.54) is 0 Å². The summed E-state index contributed by atoms with van der Waals surface area (Å²) in [4.78, 5) is 17.0. The fourth-order valence-electron chi connectivity index (χ4n) is 5.47. The zero-order chi connectivity index (χ0) is 25.7. The average molecular weight is 559 g/mol. The number of aromatic carboxylic acids is 1. The summed E-state index contributed by atoms with van der Waals surface area (Å²) >= 11 is 19.8. The molecule has 1 aliphatic heterocycles. The molecule has 4 aliphatic rings. The van der Waals surface area contributed by atoms with Crippen LogP contribution in [0.5, 0.6) is 5.75 Å². The van der Waals surface area contributed by atoms with E-state index in [1.54, 1.807) is 12.1 Å². The highest BCUT2D eigenvalue weighted by Gasteiger charge is 2.47. The maximum absolute atomic E-state index is 11.1. The molecule has 0 saturated heterocycles. The lowest BCUT2D eigenvalue weighted by Crippen LogP contribution is -2.33. The first-order valence-corrected chi connectivity index (χ1v) is 13.8. The van der Waals surface area contributed by atoms with E-state index in [1.807, 2.05) is 42.5 Å². The van der Waals surface area contributed by atoms with E-state index in [-0.39, 0.29) is 17.4 Å². The molecule has 1 heterocycles. The van der Waals surface area contributed by atoms with Gasteiger partial charge in [-0.25, -0.2) is 4.79 Å². The van der Waals surface area contributed by atoms with Crippen LogP contribution in [0.15, 0.2) is 70.4 Å². The van der Waals surface area contributed by atoms with Crippen molar-refractivity contribution in [2.45, 2.75) is 49.0 Å². The number of allylic oxidation sites excluding steroid dienone is 4. The quantitative estimate of drug-likeness (QED) is 0.340. The van der Waals surface area contributed by atoms with Crippen LogP contribution in [-0.2, 0) is 4.84 Å². The minimum absolute atomic E-state index is 0.0313. The lowest BCUT2D eigenvalue weighted by molar-refractivity contribution is 0.0340. The first kappa shape index (κ1) is 24.8. The summed E-state index contributed by atoms with van der Waals surface area (Å²) in [6.07, 6.45) is 7.77. The van der Waals surface area contributed by atoms with Gasteiger partial charge in [-0.2, -0.15) is 0 Å². The molecule has 6 rings (SSSR count). The molecule has 2 fully saturated rings. The van der Waals surface area contributed by atoms with Crippen LogP contribution in [0.2, 0.25) is 5.02 Å². The number of rotatable bonds is 8. The molecule has 0 amide bonds. The van der Waals surface area contributed by atoms with Gasteiger partial charge < -0.3 is 14.7 Å². The summed E-state index contributed by atoms with van der Waals surface area (Å²) in [5.74, 6) is 0.859. The number of hydrogen-bond acceptors (Lipinski definition) is 4. The van der Waals surface area contributed by atoms with Crippen molar-refractivity contribution in [2.24, 2.45) is 17.0 Å². The number of ether oxygens (including phenoxy) is 1. The zero-order valence-electron chi connectivity index (χ0n) is 19.9. The summed E-state index contributed by atoms with van der Waals surface area (Å²) in [6, 6.07) is 13.0. The minimum atomic E-state index is -0.915. The van der Waals surface area contributed by atoms with Gasteiger partial charge in [-0.15, -0.1) is 11.6 Å². The molecule has 192 valence electrons. The van der Waals surface area contributed by atoms with Gasteiger partial charge in [0.05, 0.1) is 22.6 Å². The molecule has 3 aliphatic carbocycles. The van der Waals surface area contributed by atoms with E-state index in [2.05, 4.69) is 5.16 Å². The largest absolute Gasteiger partial charge is 0.493 e. The molecule has 0 radical (unpaired) electrons. The molecule has 1 N–H and O–H groups in total. The summed E-state index contributed by atoms with van der Waals surface area (Å²) < 4.78 is 6.25. The fraction of sp³-hybridized carbons (Fsp3) is 0.379. The summed E-state index contributed by atoms with van der Waals surface area (Å²) in [5, 5.41) is 14.6. The van der Waals surface area contributed by atoms with E-state index >= 15 is 0 Å². The second kappa shape index (κ2) is 10.0. The second-order valence-electron chi connectivity index (χ2n) is 10.2. The number of nitrogens with zero attached hydrogens (tertiary/aromatic N) is 1. The normalized spacial score (nSPS) is 28.6. The van der Waals surface area contributed by atoms with Gasteiger partial charge in [0.15, 0.2) is 0 Å².